The van der Waals surface area contributed by atoms with Crippen LogP contribution in [-0.4, -0.2) is 27.5 Å². The maximum Gasteiger partial charge on any atom is 0.326 e. The number of hydrogen-bond donors (Lipinski definition) is 0. The quantitative estimate of drug-likeness (QED) is 0.731. The molecule has 134 valence electrons. The zero-order chi connectivity index (χ0) is 18.6. The Morgan fingerprint density at radius 3 is 2.08 bits per heavy atom. The molecule has 0 amide bonds. The van der Waals surface area contributed by atoms with Gasteiger partial charge in [-0.25, -0.2) is 21.6 Å². The molecule has 0 bridgehead atoms. The molecule has 9 heteroatoms. The molecule has 0 saturated heterocycles. The first-order chi connectivity index (χ1) is 11.7. The molecule has 25 heavy (non-hydrogen) atoms. The van der Waals surface area contributed by atoms with Crippen molar-refractivity contribution in [2.24, 2.45) is 0 Å². The van der Waals surface area contributed by atoms with Crippen molar-refractivity contribution < 1.29 is 31.1 Å². The number of sulfonamides is 1. The van der Waals surface area contributed by atoms with Crippen molar-refractivity contribution in [2.75, 3.05) is 17.5 Å². The van der Waals surface area contributed by atoms with Crippen LogP contribution in [0.2, 0.25) is 0 Å². The zero-order valence-electron chi connectivity index (χ0n) is 13.1. The van der Waals surface area contributed by atoms with Crippen LogP contribution < -0.4 is 4.31 Å². The lowest BCUT2D eigenvalue weighted by Crippen LogP contribution is -2.36. The molecule has 0 aliphatic rings. The van der Waals surface area contributed by atoms with Gasteiger partial charge in [0.25, 0.3) is 10.0 Å². The molecule has 0 aromatic heterocycles. The van der Waals surface area contributed by atoms with Gasteiger partial charge >= 0.3 is 5.97 Å². The van der Waals surface area contributed by atoms with Crippen LogP contribution in [0, 0.1) is 17.5 Å². The third kappa shape index (κ3) is 4.50. The van der Waals surface area contributed by atoms with Gasteiger partial charge in [-0.05, 0) is 43.3 Å². The topological polar surface area (TPSA) is 63.7 Å². The van der Waals surface area contributed by atoms with Gasteiger partial charge in [-0.3, -0.25) is 9.10 Å². The summed E-state index contributed by atoms with van der Waals surface area (Å²) in [6, 6.07) is 6.01. The average molecular weight is 373 g/mol. The van der Waals surface area contributed by atoms with Crippen LogP contribution in [0.5, 0.6) is 0 Å². The Labute approximate surface area is 142 Å². The molecule has 0 radical (unpaired) electrons. The average Bonchev–Trinajstić information content (AvgIpc) is 2.53. The molecule has 2 aromatic carbocycles. The van der Waals surface area contributed by atoms with E-state index in [1.165, 1.54) is 6.92 Å². The van der Waals surface area contributed by atoms with E-state index in [1.54, 1.807) is 0 Å². The van der Waals surface area contributed by atoms with Crippen molar-refractivity contribution in [2.45, 2.75) is 11.8 Å². The SMILES string of the molecule is CCOC(=O)CN(c1ccc(F)cc1)S(=O)(=O)c1cc(F)cc(F)c1. The van der Waals surface area contributed by atoms with Gasteiger partial charge in [-0.2, -0.15) is 0 Å². The summed E-state index contributed by atoms with van der Waals surface area (Å²) in [7, 11) is -4.50. The van der Waals surface area contributed by atoms with Gasteiger partial charge in [0.05, 0.1) is 17.2 Å². The third-order valence-corrected chi connectivity index (χ3v) is 4.87. The minimum atomic E-state index is -4.50. The van der Waals surface area contributed by atoms with Gasteiger partial charge in [-0.1, -0.05) is 0 Å². The van der Waals surface area contributed by atoms with Gasteiger partial charge in [0.2, 0.25) is 0 Å². The maximum absolute atomic E-state index is 13.4. The molecule has 2 rings (SSSR count). The summed E-state index contributed by atoms with van der Waals surface area (Å²) in [6.45, 7) is 0.821. The molecule has 0 saturated carbocycles. The Balaban J connectivity index is 2.52. The van der Waals surface area contributed by atoms with Crippen molar-refractivity contribution in [3.05, 3.63) is 59.9 Å². The molecule has 0 spiro atoms. The predicted molar refractivity (Wildman–Crippen MR) is 83.9 cm³/mol. The standard InChI is InChI=1S/C16H14F3NO4S/c1-2-24-16(21)10-20(14-5-3-11(17)4-6-14)25(22,23)15-8-12(18)7-13(19)9-15/h3-9H,2,10H2,1H3. The van der Waals surface area contributed by atoms with Crippen molar-refractivity contribution in [3.8, 4) is 0 Å². The van der Waals surface area contributed by atoms with Crippen LogP contribution in [0.25, 0.3) is 0 Å². The lowest BCUT2D eigenvalue weighted by Gasteiger charge is -2.23. The van der Waals surface area contributed by atoms with Crippen LogP contribution in [-0.2, 0) is 19.6 Å². The molecule has 0 heterocycles. The minimum absolute atomic E-state index is 0.0186. The van der Waals surface area contributed by atoms with E-state index >= 15 is 0 Å². The van der Waals surface area contributed by atoms with Gasteiger partial charge in [0.15, 0.2) is 0 Å². The van der Waals surface area contributed by atoms with Gasteiger partial charge < -0.3 is 4.74 Å². The molecule has 0 atom stereocenters. The Kier molecular flexibility index (Phi) is 5.68. The highest BCUT2D eigenvalue weighted by molar-refractivity contribution is 7.92. The number of esters is 1. The molecule has 0 aliphatic carbocycles. The maximum atomic E-state index is 13.4. The smallest absolute Gasteiger partial charge is 0.326 e. The summed E-state index contributed by atoms with van der Waals surface area (Å²) in [6.07, 6.45) is 0. The van der Waals surface area contributed by atoms with Gasteiger partial charge in [0, 0.05) is 6.07 Å². The van der Waals surface area contributed by atoms with E-state index in [9.17, 15) is 26.4 Å². The fraction of sp³-hybridized carbons (Fsp3) is 0.188. The minimum Gasteiger partial charge on any atom is -0.465 e. The summed E-state index contributed by atoms with van der Waals surface area (Å²) in [4.78, 5) is 11.1. The van der Waals surface area contributed by atoms with E-state index < -0.39 is 44.9 Å². The monoisotopic (exact) mass is 373 g/mol. The third-order valence-electron chi connectivity index (χ3n) is 3.12. The van der Waals surface area contributed by atoms with Crippen molar-refractivity contribution >= 4 is 21.7 Å². The van der Waals surface area contributed by atoms with Crippen LogP contribution in [0.1, 0.15) is 6.92 Å². The van der Waals surface area contributed by atoms with Crippen molar-refractivity contribution in [3.63, 3.8) is 0 Å². The van der Waals surface area contributed by atoms with Crippen LogP contribution >= 0.6 is 0 Å². The van der Waals surface area contributed by atoms with Crippen LogP contribution in [0.3, 0.4) is 0 Å². The first kappa shape index (κ1) is 18.8. The second-order valence-electron chi connectivity index (χ2n) is 4.90. The fourth-order valence-corrected chi connectivity index (χ4v) is 3.50. The molecule has 0 fully saturated rings. The first-order valence-electron chi connectivity index (χ1n) is 7.14. The Morgan fingerprint density at radius 1 is 1.00 bits per heavy atom. The van der Waals surface area contributed by atoms with Crippen molar-refractivity contribution in [1.82, 2.24) is 0 Å². The second-order valence-corrected chi connectivity index (χ2v) is 6.76. The van der Waals surface area contributed by atoms with E-state index in [4.69, 9.17) is 4.74 Å². The summed E-state index contributed by atoms with van der Waals surface area (Å²) in [5, 5.41) is 0. The summed E-state index contributed by atoms with van der Waals surface area (Å²) in [5.41, 5.74) is -0.0564. The van der Waals surface area contributed by atoms with E-state index in [0.717, 1.165) is 24.3 Å². The molecular weight excluding hydrogens is 359 g/mol. The molecular formula is C16H14F3NO4S. The van der Waals surface area contributed by atoms with Gasteiger partial charge in [0.1, 0.15) is 24.0 Å². The number of ether oxygens (including phenoxy) is 1. The summed E-state index contributed by atoms with van der Waals surface area (Å²) in [5.74, 6) is -3.66. The number of carbonyl (C=O) groups is 1. The Hall–Kier alpha value is -2.55. The molecule has 5 nitrogen and oxygen atoms in total. The number of nitrogens with zero attached hydrogens (tertiary/aromatic N) is 1. The van der Waals surface area contributed by atoms with Crippen LogP contribution in [0.4, 0.5) is 18.9 Å². The first-order valence-corrected chi connectivity index (χ1v) is 8.58. The number of halogens is 3. The largest absolute Gasteiger partial charge is 0.465 e. The Bertz CT molecular complexity index is 849. The highest BCUT2D eigenvalue weighted by atomic mass is 32.2. The summed E-state index contributed by atoms with van der Waals surface area (Å²) >= 11 is 0. The normalized spacial score (nSPS) is 11.2. The predicted octanol–water partition coefficient (Wildman–Crippen LogP) is 2.86. The molecule has 2 aromatic rings. The second kappa shape index (κ2) is 7.56. The highest BCUT2D eigenvalue weighted by Gasteiger charge is 2.28. The molecule has 0 unspecified atom stereocenters. The molecule has 0 aliphatic heterocycles. The van der Waals surface area contributed by atoms with Gasteiger partial charge in [-0.15, -0.1) is 0 Å². The number of anilines is 1. The van der Waals surface area contributed by atoms with E-state index in [2.05, 4.69) is 0 Å². The molecule has 0 N–H and O–H groups in total. The van der Waals surface area contributed by atoms with E-state index in [0.29, 0.717) is 22.5 Å². The fourth-order valence-electron chi connectivity index (χ4n) is 2.05. The number of rotatable bonds is 6. The van der Waals surface area contributed by atoms with E-state index in [1.807, 2.05) is 0 Å². The zero-order valence-corrected chi connectivity index (χ0v) is 13.9. The van der Waals surface area contributed by atoms with E-state index in [-0.39, 0.29) is 12.3 Å². The number of carbonyl (C=O) groups excluding carboxylic acids is 1. The number of benzene rings is 2. The summed E-state index contributed by atoms with van der Waals surface area (Å²) < 4.78 is 70.7. The number of hydrogen-bond acceptors (Lipinski definition) is 4. The lowest BCUT2D eigenvalue weighted by molar-refractivity contribution is -0.141. The van der Waals surface area contributed by atoms with Crippen molar-refractivity contribution in [1.29, 1.82) is 0 Å². The van der Waals surface area contributed by atoms with Crippen LogP contribution in [0.15, 0.2) is 47.4 Å². The Morgan fingerprint density at radius 2 is 1.56 bits per heavy atom. The lowest BCUT2D eigenvalue weighted by atomic mass is 10.3. The highest BCUT2D eigenvalue weighted by Crippen LogP contribution is 2.25.